The Hall–Kier alpha value is -2.20. The Bertz CT molecular complexity index is 905. The molecule has 1 atom stereocenters. The summed E-state index contributed by atoms with van der Waals surface area (Å²) in [6, 6.07) is 13.4. The largest absolute Gasteiger partial charge is 0.224 e. The van der Waals surface area contributed by atoms with Crippen molar-refractivity contribution in [2.75, 3.05) is 6.26 Å². The third-order valence-electron chi connectivity index (χ3n) is 4.27. The van der Waals surface area contributed by atoms with Crippen molar-refractivity contribution in [3.8, 4) is 0 Å². The van der Waals surface area contributed by atoms with Crippen molar-refractivity contribution < 1.29 is 12.8 Å². The van der Waals surface area contributed by atoms with Crippen LogP contribution in [0.3, 0.4) is 0 Å². The van der Waals surface area contributed by atoms with Gasteiger partial charge in [0.25, 0.3) is 0 Å². The van der Waals surface area contributed by atoms with E-state index in [2.05, 4.69) is 19.1 Å². The first-order chi connectivity index (χ1) is 11.4. The maximum absolute atomic E-state index is 13.2. The Balaban J connectivity index is 2.01. The Morgan fingerprint density at radius 3 is 1.75 bits per heavy atom. The smallest absolute Gasteiger partial charge is 0.175 e. The summed E-state index contributed by atoms with van der Waals surface area (Å²) in [5.74, 6) is 0.0714. The molecule has 0 aliphatic heterocycles. The van der Waals surface area contributed by atoms with Crippen LogP contribution in [0.2, 0.25) is 0 Å². The molecule has 0 saturated heterocycles. The lowest BCUT2D eigenvalue weighted by Crippen LogP contribution is -1.97. The molecular weight excluding hydrogens is 323 g/mol. The Labute approximate surface area is 142 Å². The molecule has 0 bridgehead atoms. The fraction of sp³-hybridized carbons (Fsp3) is 0.200. The van der Waals surface area contributed by atoms with Gasteiger partial charge in [0.1, 0.15) is 5.82 Å². The van der Waals surface area contributed by atoms with Gasteiger partial charge in [-0.15, -0.1) is 0 Å². The van der Waals surface area contributed by atoms with Gasteiger partial charge in [-0.05, 0) is 58.9 Å². The highest BCUT2D eigenvalue weighted by Gasteiger charge is 2.20. The summed E-state index contributed by atoms with van der Waals surface area (Å²) in [4.78, 5) is 0.309. The molecule has 2 aromatic carbocycles. The van der Waals surface area contributed by atoms with Gasteiger partial charge in [0, 0.05) is 6.26 Å². The molecule has 0 amide bonds. The maximum atomic E-state index is 13.2. The van der Waals surface area contributed by atoms with E-state index in [1.807, 2.05) is 12.1 Å². The van der Waals surface area contributed by atoms with Crippen LogP contribution in [-0.2, 0) is 9.84 Å². The van der Waals surface area contributed by atoms with Gasteiger partial charge in [-0.2, -0.15) is 0 Å². The number of rotatable bonds is 4. The zero-order valence-corrected chi connectivity index (χ0v) is 14.5. The zero-order chi connectivity index (χ0) is 17.3. The lowest BCUT2D eigenvalue weighted by atomic mass is 9.95. The fourth-order valence-corrected chi connectivity index (χ4v) is 3.54. The maximum Gasteiger partial charge on any atom is 0.175 e. The Morgan fingerprint density at radius 1 is 0.875 bits per heavy atom. The second kappa shape index (κ2) is 6.36. The van der Waals surface area contributed by atoms with E-state index in [4.69, 9.17) is 0 Å². The van der Waals surface area contributed by atoms with Crippen molar-refractivity contribution in [3.05, 3.63) is 77.6 Å². The molecule has 0 saturated carbocycles. The number of allylic oxidation sites excluding steroid dienone is 4. The number of halogens is 1. The summed E-state index contributed by atoms with van der Waals surface area (Å²) in [6.45, 7) is 2.12. The number of sulfone groups is 1. The first-order valence-electron chi connectivity index (χ1n) is 7.89. The van der Waals surface area contributed by atoms with E-state index >= 15 is 0 Å². The highest BCUT2D eigenvalue weighted by atomic mass is 32.2. The summed E-state index contributed by atoms with van der Waals surface area (Å²) in [6.07, 6.45) is 6.56. The van der Waals surface area contributed by atoms with E-state index in [1.54, 1.807) is 24.3 Å². The standard InChI is InChI=1S/C20H19FO2S/c1-3-14-12-19(15-4-8-17(21)9-5-15)20(13-14)16-6-10-18(11-7-16)24(2,22)23/h4-14H,3H2,1-2H3. The van der Waals surface area contributed by atoms with Gasteiger partial charge in [0.15, 0.2) is 9.84 Å². The van der Waals surface area contributed by atoms with Gasteiger partial charge in [0.05, 0.1) is 4.90 Å². The van der Waals surface area contributed by atoms with E-state index in [-0.39, 0.29) is 5.82 Å². The van der Waals surface area contributed by atoms with Crippen LogP contribution in [-0.4, -0.2) is 14.7 Å². The average Bonchev–Trinajstić information content (AvgIpc) is 2.99. The average molecular weight is 342 g/mol. The van der Waals surface area contributed by atoms with Gasteiger partial charge >= 0.3 is 0 Å². The van der Waals surface area contributed by atoms with Crippen LogP contribution >= 0.6 is 0 Å². The summed E-state index contributed by atoms with van der Waals surface area (Å²) in [5, 5.41) is 0. The van der Waals surface area contributed by atoms with Gasteiger partial charge in [-0.1, -0.05) is 43.3 Å². The van der Waals surface area contributed by atoms with Crippen molar-refractivity contribution in [1.29, 1.82) is 0 Å². The molecule has 124 valence electrons. The normalized spacial score (nSPS) is 17.5. The second-order valence-electron chi connectivity index (χ2n) is 6.04. The van der Waals surface area contributed by atoms with Crippen LogP contribution in [0.1, 0.15) is 24.5 Å². The van der Waals surface area contributed by atoms with Crippen LogP contribution < -0.4 is 0 Å². The lowest BCUT2D eigenvalue weighted by Gasteiger charge is -2.10. The fourth-order valence-electron chi connectivity index (χ4n) is 2.91. The minimum atomic E-state index is -3.20. The van der Waals surface area contributed by atoms with Crippen molar-refractivity contribution in [2.24, 2.45) is 5.92 Å². The van der Waals surface area contributed by atoms with Crippen molar-refractivity contribution >= 4 is 21.0 Å². The molecule has 2 nitrogen and oxygen atoms in total. The van der Waals surface area contributed by atoms with E-state index in [9.17, 15) is 12.8 Å². The molecule has 3 rings (SSSR count). The second-order valence-corrected chi connectivity index (χ2v) is 8.05. The van der Waals surface area contributed by atoms with Gasteiger partial charge in [0.2, 0.25) is 0 Å². The molecule has 1 aliphatic rings. The van der Waals surface area contributed by atoms with E-state index in [0.29, 0.717) is 10.8 Å². The highest BCUT2D eigenvalue weighted by molar-refractivity contribution is 7.90. The SMILES string of the molecule is CCC1C=C(c2ccc(F)cc2)C(c2ccc(S(C)(=O)=O)cc2)=C1. The molecular formula is C20H19FO2S. The van der Waals surface area contributed by atoms with Crippen LogP contribution in [0.15, 0.2) is 65.6 Å². The van der Waals surface area contributed by atoms with Crippen molar-refractivity contribution in [2.45, 2.75) is 18.2 Å². The monoisotopic (exact) mass is 342 g/mol. The van der Waals surface area contributed by atoms with E-state index < -0.39 is 9.84 Å². The first kappa shape index (κ1) is 16.7. The predicted octanol–water partition coefficient (Wildman–Crippen LogP) is 4.74. The third-order valence-corrected chi connectivity index (χ3v) is 5.40. The number of hydrogen-bond acceptors (Lipinski definition) is 2. The number of hydrogen-bond donors (Lipinski definition) is 0. The summed E-state index contributed by atoms with van der Waals surface area (Å²) >= 11 is 0. The lowest BCUT2D eigenvalue weighted by molar-refractivity contribution is 0.602. The molecule has 1 unspecified atom stereocenters. The molecule has 1 aliphatic carbocycles. The molecule has 2 aromatic rings. The highest BCUT2D eigenvalue weighted by Crippen LogP contribution is 2.39. The quantitative estimate of drug-likeness (QED) is 0.804. The molecule has 0 aromatic heterocycles. The van der Waals surface area contributed by atoms with E-state index in [0.717, 1.165) is 28.7 Å². The summed E-state index contributed by atoms with van der Waals surface area (Å²) in [7, 11) is -3.20. The first-order valence-corrected chi connectivity index (χ1v) is 9.78. The molecule has 0 fully saturated rings. The molecule has 0 heterocycles. The van der Waals surface area contributed by atoms with Crippen molar-refractivity contribution in [1.82, 2.24) is 0 Å². The van der Waals surface area contributed by atoms with Crippen LogP contribution in [0, 0.1) is 11.7 Å². The van der Waals surface area contributed by atoms with Gasteiger partial charge < -0.3 is 0 Å². The molecule has 0 N–H and O–H groups in total. The van der Waals surface area contributed by atoms with Crippen LogP contribution in [0.4, 0.5) is 4.39 Å². The third kappa shape index (κ3) is 3.34. The van der Waals surface area contributed by atoms with Gasteiger partial charge in [-0.3, -0.25) is 0 Å². The Morgan fingerprint density at radius 2 is 1.33 bits per heavy atom. The molecule has 0 spiro atoms. The molecule has 0 radical (unpaired) electrons. The predicted molar refractivity (Wildman–Crippen MR) is 95.7 cm³/mol. The van der Waals surface area contributed by atoms with Crippen molar-refractivity contribution in [3.63, 3.8) is 0 Å². The summed E-state index contributed by atoms with van der Waals surface area (Å²) < 4.78 is 36.4. The van der Waals surface area contributed by atoms with E-state index in [1.165, 1.54) is 18.4 Å². The number of benzene rings is 2. The topological polar surface area (TPSA) is 34.1 Å². The molecule has 4 heteroatoms. The molecule has 24 heavy (non-hydrogen) atoms. The minimum Gasteiger partial charge on any atom is -0.224 e. The Kier molecular flexibility index (Phi) is 4.41. The zero-order valence-electron chi connectivity index (χ0n) is 13.7. The van der Waals surface area contributed by atoms with Crippen LogP contribution in [0.25, 0.3) is 11.1 Å². The minimum absolute atomic E-state index is 0.257. The summed E-state index contributed by atoms with van der Waals surface area (Å²) in [5.41, 5.74) is 4.06. The van der Waals surface area contributed by atoms with Crippen LogP contribution in [0.5, 0.6) is 0 Å². The van der Waals surface area contributed by atoms with Gasteiger partial charge in [-0.25, -0.2) is 12.8 Å².